The van der Waals surface area contributed by atoms with Crippen molar-refractivity contribution in [1.29, 1.82) is 0 Å². The summed E-state index contributed by atoms with van der Waals surface area (Å²) in [5, 5.41) is 2.78. The third-order valence-corrected chi connectivity index (χ3v) is 2.39. The Morgan fingerprint density at radius 2 is 1.94 bits per heavy atom. The number of carbonyl (C=O) groups is 1. The minimum atomic E-state index is -0.0427. The summed E-state index contributed by atoms with van der Waals surface area (Å²) in [6, 6.07) is -0.0427. The number of carbonyl (C=O) groups excluding carboxylic acids is 1. The maximum Gasteiger partial charge on any atom is 0.321 e. The quantitative estimate of drug-likeness (QED) is 0.782. The highest BCUT2D eigenvalue weighted by Gasteiger charge is 2.25. The summed E-state index contributed by atoms with van der Waals surface area (Å²) < 4.78 is 5.57. The van der Waals surface area contributed by atoms with Crippen LogP contribution in [0.3, 0.4) is 0 Å². The predicted octanol–water partition coefficient (Wildman–Crippen LogP) is 1.97. The summed E-state index contributed by atoms with van der Waals surface area (Å²) >= 11 is 0. The molecule has 1 N–H and O–H groups in total. The maximum atomic E-state index is 11.8. The van der Waals surface area contributed by atoms with Gasteiger partial charge < -0.3 is 15.0 Å². The third-order valence-electron chi connectivity index (χ3n) is 2.39. The lowest BCUT2D eigenvalue weighted by atomic mass is 10.2. The summed E-state index contributed by atoms with van der Waals surface area (Å²) in [5.41, 5.74) is 0. The van der Waals surface area contributed by atoms with E-state index in [4.69, 9.17) is 4.74 Å². The fraction of sp³-hybridized carbons (Fsp3) is 0.750. The molecule has 0 aromatic heterocycles. The van der Waals surface area contributed by atoms with Gasteiger partial charge in [-0.25, -0.2) is 4.79 Å². The van der Waals surface area contributed by atoms with Crippen LogP contribution in [0.4, 0.5) is 4.79 Å². The van der Waals surface area contributed by atoms with E-state index in [0.717, 1.165) is 0 Å². The van der Waals surface area contributed by atoms with E-state index >= 15 is 0 Å². The topological polar surface area (TPSA) is 41.6 Å². The number of allylic oxidation sites excluding steroid dienone is 1. The first kappa shape index (κ1) is 13.0. The van der Waals surface area contributed by atoms with E-state index < -0.39 is 0 Å². The number of nitrogens with one attached hydrogen (secondary N) is 1. The van der Waals surface area contributed by atoms with Gasteiger partial charge >= 0.3 is 6.03 Å². The van der Waals surface area contributed by atoms with Gasteiger partial charge in [-0.05, 0) is 19.8 Å². The van der Waals surface area contributed by atoms with Crippen molar-refractivity contribution in [2.75, 3.05) is 13.1 Å². The van der Waals surface area contributed by atoms with E-state index in [2.05, 4.69) is 19.2 Å². The molecule has 2 unspecified atom stereocenters. The van der Waals surface area contributed by atoms with Crippen LogP contribution in [0.1, 0.15) is 27.7 Å². The number of hydrogen-bond donors (Lipinski definition) is 1. The van der Waals surface area contributed by atoms with Gasteiger partial charge in [-0.2, -0.15) is 0 Å². The molecule has 92 valence electrons. The normalized spacial score (nSPS) is 26.4. The summed E-state index contributed by atoms with van der Waals surface area (Å²) in [7, 11) is 0. The van der Waals surface area contributed by atoms with Gasteiger partial charge in [0.05, 0.1) is 12.2 Å². The number of nitrogens with zero attached hydrogens (tertiary/aromatic N) is 1. The van der Waals surface area contributed by atoms with Crippen molar-refractivity contribution in [2.24, 2.45) is 5.92 Å². The molecule has 0 radical (unpaired) electrons. The largest absolute Gasteiger partial charge is 0.372 e. The molecular weight excluding hydrogens is 204 g/mol. The van der Waals surface area contributed by atoms with Crippen LogP contribution < -0.4 is 5.32 Å². The molecule has 0 aromatic carbocycles. The Morgan fingerprint density at radius 1 is 1.38 bits per heavy atom. The Kier molecular flexibility index (Phi) is 4.80. The van der Waals surface area contributed by atoms with Gasteiger partial charge in [-0.3, -0.25) is 0 Å². The Balaban J connectivity index is 2.41. The van der Waals surface area contributed by atoms with E-state index in [0.29, 0.717) is 19.0 Å². The van der Waals surface area contributed by atoms with Crippen LogP contribution in [0, 0.1) is 5.92 Å². The molecule has 0 bridgehead atoms. The molecule has 0 aliphatic carbocycles. The molecule has 1 saturated heterocycles. The SMILES string of the molecule is CC(C)/C=C/NC(=O)N1CC(C)OC(C)C1. The first-order chi connectivity index (χ1) is 7.49. The van der Waals surface area contributed by atoms with Crippen molar-refractivity contribution in [1.82, 2.24) is 10.2 Å². The molecule has 1 fully saturated rings. The molecule has 16 heavy (non-hydrogen) atoms. The summed E-state index contributed by atoms with van der Waals surface area (Å²) in [4.78, 5) is 13.6. The standard InChI is InChI=1S/C12H22N2O2/c1-9(2)5-6-13-12(15)14-7-10(3)16-11(4)8-14/h5-6,9-11H,7-8H2,1-4H3,(H,13,15)/b6-5+. The molecular formula is C12H22N2O2. The number of rotatable bonds is 2. The summed E-state index contributed by atoms with van der Waals surface area (Å²) in [6.45, 7) is 9.43. The van der Waals surface area contributed by atoms with Gasteiger partial charge in [0.1, 0.15) is 0 Å². The second-order valence-corrected chi connectivity index (χ2v) is 4.71. The van der Waals surface area contributed by atoms with Gasteiger partial charge in [-0.1, -0.05) is 19.9 Å². The molecule has 1 heterocycles. The van der Waals surface area contributed by atoms with Crippen molar-refractivity contribution < 1.29 is 9.53 Å². The van der Waals surface area contributed by atoms with Crippen molar-refractivity contribution in [3.63, 3.8) is 0 Å². The Labute approximate surface area is 97.6 Å². The van der Waals surface area contributed by atoms with Crippen molar-refractivity contribution >= 4 is 6.03 Å². The molecule has 1 rings (SSSR count). The van der Waals surface area contributed by atoms with Crippen LogP contribution >= 0.6 is 0 Å². The van der Waals surface area contributed by atoms with Crippen LogP contribution in [0.2, 0.25) is 0 Å². The molecule has 1 aliphatic heterocycles. The lowest BCUT2D eigenvalue weighted by Crippen LogP contribution is -2.50. The smallest absolute Gasteiger partial charge is 0.321 e. The number of urea groups is 1. The minimum absolute atomic E-state index is 0.0427. The monoisotopic (exact) mass is 226 g/mol. The number of morpholine rings is 1. The first-order valence-corrected chi connectivity index (χ1v) is 5.86. The van der Waals surface area contributed by atoms with E-state index in [1.807, 2.05) is 19.9 Å². The van der Waals surface area contributed by atoms with Crippen LogP contribution in [0.15, 0.2) is 12.3 Å². The molecule has 0 saturated carbocycles. The van der Waals surface area contributed by atoms with Crippen LogP contribution in [-0.4, -0.2) is 36.2 Å². The fourth-order valence-corrected chi connectivity index (χ4v) is 1.75. The molecule has 2 amide bonds. The zero-order chi connectivity index (χ0) is 12.1. The van der Waals surface area contributed by atoms with E-state index in [1.54, 1.807) is 11.1 Å². The third kappa shape index (κ3) is 4.23. The average Bonchev–Trinajstić information content (AvgIpc) is 2.15. The minimum Gasteiger partial charge on any atom is -0.372 e. The van der Waals surface area contributed by atoms with E-state index in [9.17, 15) is 4.79 Å². The highest BCUT2D eigenvalue weighted by Crippen LogP contribution is 2.10. The Morgan fingerprint density at radius 3 is 2.44 bits per heavy atom. The highest BCUT2D eigenvalue weighted by atomic mass is 16.5. The van der Waals surface area contributed by atoms with Crippen LogP contribution in [0.5, 0.6) is 0 Å². The summed E-state index contributed by atoms with van der Waals surface area (Å²) in [6.07, 6.45) is 3.91. The molecule has 2 atom stereocenters. The van der Waals surface area contributed by atoms with Gasteiger partial charge in [0.2, 0.25) is 0 Å². The zero-order valence-electron chi connectivity index (χ0n) is 10.6. The van der Waals surface area contributed by atoms with Crippen molar-refractivity contribution in [3.05, 3.63) is 12.3 Å². The van der Waals surface area contributed by atoms with Gasteiger partial charge in [0, 0.05) is 19.3 Å². The predicted molar refractivity (Wildman–Crippen MR) is 64.1 cm³/mol. The number of hydrogen-bond acceptors (Lipinski definition) is 2. The van der Waals surface area contributed by atoms with Crippen LogP contribution in [-0.2, 0) is 4.74 Å². The molecule has 0 aromatic rings. The van der Waals surface area contributed by atoms with Crippen molar-refractivity contribution in [2.45, 2.75) is 39.9 Å². The van der Waals surface area contributed by atoms with E-state index in [-0.39, 0.29) is 18.2 Å². The fourth-order valence-electron chi connectivity index (χ4n) is 1.75. The molecule has 4 nitrogen and oxygen atoms in total. The molecule has 1 aliphatic rings. The Hall–Kier alpha value is -1.03. The Bertz CT molecular complexity index is 254. The molecule has 0 spiro atoms. The highest BCUT2D eigenvalue weighted by molar-refractivity contribution is 5.75. The average molecular weight is 226 g/mol. The zero-order valence-corrected chi connectivity index (χ0v) is 10.6. The van der Waals surface area contributed by atoms with Gasteiger partial charge in [0.15, 0.2) is 0 Å². The first-order valence-electron chi connectivity index (χ1n) is 5.86. The molecule has 4 heteroatoms. The van der Waals surface area contributed by atoms with Crippen molar-refractivity contribution in [3.8, 4) is 0 Å². The lowest BCUT2D eigenvalue weighted by molar-refractivity contribution is -0.0541. The lowest BCUT2D eigenvalue weighted by Gasteiger charge is -2.34. The van der Waals surface area contributed by atoms with Crippen LogP contribution in [0.25, 0.3) is 0 Å². The summed E-state index contributed by atoms with van der Waals surface area (Å²) in [5.74, 6) is 0.447. The second kappa shape index (κ2) is 5.89. The van der Waals surface area contributed by atoms with E-state index in [1.165, 1.54) is 0 Å². The number of amides is 2. The maximum absolute atomic E-state index is 11.8. The van der Waals surface area contributed by atoms with Gasteiger partial charge in [0.25, 0.3) is 0 Å². The number of ether oxygens (including phenoxy) is 1. The second-order valence-electron chi connectivity index (χ2n) is 4.71. The van der Waals surface area contributed by atoms with Gasteiger partial charge in [-0.15, -0.1) is 0 Å².